The summed E-state index contributed by atoms with van der Waals surface area (Å²) in [7, 11) is -1.04. The summed E-state index contributed by atoms with van der Waals surface area (Å²) in [6.45, 7) is 0. The van der Waals surface area contributed by atoms with Gasteiger partial charge in [0.25, 0.3) is 0 Å². The lowest BCUT2D eigenvalue weighted by Crippen LogP contribution is -2.30. The molecule has 1 aromatic rings. The van der Waals surface area contributed by atoms with Crippen molar-refractivity contribution in [2.24, 2.45) is 0 Å². The zero-order valence-corrected chi connectivity index (χ0v) is 11.5. The Bertz CT molecular complexity index is 604. The number of rotatable bonds is 5. The van der Waals surface area contributed by atoms with E-state index in [1.807, 2.05) is 6.07 Å². The topological polar surface area (TPSA) is 87.5 Å². The van der Waals surface area contributed by atoms with Gasteiger partial charge in [0.2, 0.25) is 10.0 Å². The first-order valence-electron chi connectivity index (χ1n) is 5.44. The Morgan fingerprint density at radius 3 is 2.74 bits per heavy atom. The maximum atomic E-state index is 12.0. The zero-order valence-electron chi connectivity index (χ0n) is 10.7. The van der Waals surface area contributed by atoms with E-state index in [2.05, 4.69) is 4.74 Å². The van der Waals surface area contributed by atoms with E-state index in [1.165, 1.54) is 20.2 Å². The number of hydrogen-bond donors (Lipinski definition) is 0. The highest BCUT2D eigenvalue weighted by Gasteiger charge is 2.20. The summed E-state index contributed by atoms with van der Waals surface area (Å²) < 4.78 is 29.4. The second kappa shape index (κ2) is 6.20. The molecular weight excluding hydrogens is 268 g/mol. The standard InChI is InChI=1S/C12H14N2O4S/c1-14(11-5-3-4-10(8-11)9-13)19(16,17)7-6-12(15)18-2/h3-5,8H,6-7H2,1-2H3. The third-order valence-electron chi connectivity index (χ3n) is 2.55. The van der Waals surface area contributed by atoms with E-state index >= 15 is 0 Å². The van der Waals surface area contributed by atoms with Crippen LogP contribution in [0.25, 0.3) is 0 Å². The second-order valence-electron chi connectivity index (χ2n) is 3.77. The Kier molecular flexibility index (Phi) is 4.89. The summed E-state index contributed by atoms with van der Waals surface area (Å²) in [5.74, 6) is -0.921. The monoisotopic (exact) mass is 282 g/mol. The fourth-order valence-corrected chi connectivity index (χ4v) is 2.52. The molecule has 0 N–H and O–H groups in total. The predicted molar refractivity (Wildman–Crippen MR) is 70.0 cm³/mol. The van der Waals surface area contributed by atoms with Crippen LogP contribution in [0.15, 0.2) is 24.3 Å². The molecule has 0 atom stereocenters. The van der Waals surface area contributed by atoms with E-state index in [4.69, 9.17) is 5.26 Å². The minimum atomic E-state index is -3.62. The number of benzene rings is 1. The minimum absolute atomic E-state index is 0.207. The number of anilines is 1. The van der Waals surface area contributed by atoms with Crippen molar-refractivity contribution in [2.75, 3.05) is 24.2 Å². The molecular formula is C12H14N2O4S. The summed E-state index contributed by atoms with van der Waals surface area (Å²) in [6.07, 6.45) is -0.207. The molecule has 0 aliphatic heterocycles. The molecule has 0 unspecified atom stereocenters. The number of carbonyl (C=O) groups is 1. The van der Waals surface area contributed by atoms with Crippen LogP contribution in [0.4, 0.5) is 5.69 Å². The van der Waals surface area contributed by atoms with Gasteiger partial charge < -0.3 is 4.74 Å². The lowest BCUT2D eigenvalue weighted by molar-refractivity contribution is -0.140. The fourth-order valence-electron chi connectivity index (χ4n) is 1.38. The molecule has 0 bridgehead atoms. The van der Waals surface area contributed by atoms with Crippen molar-refractivity contribution in [1.29, 1.82) is 5.26 Å². The largest absolute Gasteiger partial charge is 0.469 e. The second-order valence-corrected chi connectivity index (χ2v) is 5.89. The van der Waals surface area contributed by atoms with Gasteiger partial charge in [-0.3, -0.25) is 9.10 Å². The van der Waals surface area contributed by atoms with E-state index in [9.17, 15) is 13.2 Å². The Morgan fingerprint density at radius 1 is 1.47 bits per heavy atom. The van der Waals surface area contributed by atoms with Gasteiger partial charge in [0.05, 0.1) is 36.6 Å². The molecule has 0 radical (unpaired) electrons. The smallest absolute Gasteiger partial charge is 0.306 e. The van der Waals surface area contributed by atoms with Gasteiger partial charge in [-0.2, -0.15) is 5.26 Å². The number of nitriles is 1. The van der Waals surface area contributed by atoms with Crippen LogP contribution in [0.2, 0.25) is 0 Å². The average Bonchev–Trinajstić information content (AvgIpc) is 2.43. The number of methoxy groups -OCH3 is 1. The van der Waals surface area contributed by atoms with Crippen LogP contribution in [0.1, 0.15) is 12.0 Å². The molecule has 6 nitrogen and oxygen atoms in total. The molecule has 0 saturated heterocycles. The first kappa shape index (κ1) is 15.0. The van der Waals surface area contributed by atoms with Gasteiger partial charge in [0.15, 0.2) is 0 Å². The number of nitrogens with zero attached hydrogens (tertiary/aromatic N) is 2. The van der Waals surface area contributed by atoms with Gasteiger partial charge in [0.1, 0.15) is 0 Å². The van der Waals surface area contributed by atoms with Crippen LogP contribution in [-0.4, -0.2) is 34.3 Å². The van der Waals surface area contributed by atoms with Crippen molar-refractivity contribution in [2.45, 2.75) is 6.42 Å². The van der Waals surface area contributed by atoms with Crippen LogP contribution in [0.5, 0.6) is 0 Å². The number of sulfonamides is 1. The molecule has 102 valence electrons. The number of hydrogen-bond acceptors (Lipinski definition) is 5. The average molecular weight is 282 g/mol. The first-order chi connectivity index (χ1) is 8.90. The highest BCUT2D eigenvalue weighted by Crippen LogP contribution is 2.18. The van der Waals surface area contributed by atoms with Crippen molar-refractivity contribution in [1.82, 2.24) is 0 Å². The minimum Gasteiger partial charge on any atom is -0.469 e. The van der Waals surface area contributed by atoms with E-state index in [1.54, 1.807) is 18.2 Å². The highest BCUT2D eigenvalue weighted by atomic mass is 32.2. The van der Waals surface area contributed by atoms with Gasteiger partial charge in [-0.1, -0.05) is 6.07 Å². The Balaban J connectivity index is 2.89. The maximum Gasteiger partial charge on any atom is 0.306 e. The van der Waals surface area contributed by atoms with E-state index in [0.29, 0.717) is 11.3 Å². The molecule has 0 heterocycles. The molecule has 1 aromatic carbocycles. The molecule has 0 fully saturated rings. The van der Waals surface area contributed by atoms with Crippen LogP contribution in [0, 0.1) is 11.3 Å². The highest BCUT2D eigenvalue weighted by molar-refractivity contribution is 7.92. The fraction of sp³-hybridized carbons (Fsp3) is 0.333. The number of ether oxygens (including phenoxy) is 1. The van der Waals surface area contributed by atoms with Crippen molar-refractivity contribution in [3.05, 3.63) is 29.8 Å². The van der Waals surface area contributed by atoms with Crippen molar-refractivity contribution in [3.8, 4) is 6.07 Å². The van der Waals surface area contributed by atoms with E-state index in [-0.39, 0.29) is 12.2 Å². The molecule has 0 aromatic heterocycles. The van der Waals surface area contributed by atoms with Gasteiger partial charge in [-0.05, 0) is 18.2 Å². The Morgan fingerprint density at radius 2 is 2.16 bits per heavy atom. The molecule has 7 heteroatoms. The Hall–Kier alpha value is -2.07. The summed E-state index contributed by atoms with van der Waals surface area (Å²) >= 11 is 0. The summed E-state index contributed by atoms with van der Waals surface area (Å²) in [6, 6.07) is 8.16. The van der Waals surface area contributed by atoms with Crippen LogP contribution < -0.4 is 4.31 Å². The van der Waals surface area contributed by atoms with Gasteiger partial charge in [0, 0.05) is 7.05 Å². The number of carbonyl (C=O) groups excluding carboxylic acids is 1. The van der Waals surface area contributed by atoms with Gasteiger partial charge >= 0.3 is 5.97 Å². The normalized spacial score (nSPS) is 10.6. The number of esters is 1. The van der Waals surface area contributed by atoms with Crippen molar-refractivity contribution >= 4 is 21.7 Å². The quantitative estimate of drug-likeness (QED) is 0.748. The molecule has 0 aliphatic carbocycles. The molecule has 0 saturated carbocycles. The van der Waals surface area contributed by atoms with Crippen LogP contribution in [-0.2, 0) is 19.6 Å². The molecule has 19 heavy (non-hydrogen) atoms. The van der Waals surface area contributed by atoms with Gasteiger partial charge in [-0.15, -0.1) is 0 Å². The third-order valence-corrected chi connectivity index (χ3v) is 4.31. The lowest BCUT2D eigenvalue weighted by atomic mass is 10.2. The Labute approximate surface area is 112 Å². The van der Waals surface area contributed by atoms with E-state index < -0.39 is 16.0 Å². The van der Waals surface area contributed by atoms with Gasteiger partial charge in [-0.25, -0.2) is 8.42 Å². The SMILES string of the molecule is COC(=O)CCS(=O)(=O)N(C)c1cccc(C#N)c1. The molecule has 1 rings (SSSR count). The molecule has 0 aliphatic rings. The summed E-state index contributed by atoms with van der Waals surface area (Å²) in [4.78, 5) is 11.0. The molecule has 0 amide bonds. The maximum absolute atomic E-state index is 12.0. The summed E-state index contributed by atoms with van der Waals surface area (Å²) in [5, 5.41) is 8.78. The third kappa shape index (κ3) is 3.96. The zero-order chi connectivity index (χ0) is 14.5. The van der Waals surface area contributed by atoms with Crippen molar-refractivity contribution in [3.63, 3.8) is 0 Å². The first-order valence-corrected chi connectivity index (χ1v) is 7.05. The molecule has 0 spiro atoms. The van der Waals surface area contributed by atoms with Crippen molar-refractivity contribution < 1.29 is 17.9 Å². The van der Waals surface area contributed by atoms with Crippen LogP contribution >= 0.6 is 0 Å². The summed E-state index contributed by atoms with van der Waals surface area (Å²) in [5.41, 5.74) is 0.747. The lowest BCUT2D eigenvalue weighted by Gasteiger charge is -2.19. The van der Waals surface area contributed by atoms with Crippen LogP contribution in [0.3, 0.4) is 0 Å². The predicted octanol–water partition coefficient (Wildman–Crippen LogP) is 0.887. The van der Waals surface area contributed by atoms with E-state index in [0.717, 1.165) is 4.31 Å².